The number of aliphatic imine (C=N–C) groups is 1. The lowest BCUT2D eigenvalue weighted by Gasteiger charge is -2.22. The lowest BCUT2D eigenvalue weighted by Crippen LogP contribution is -2.34. The normalized spacial score (nSPS) is 12.8. The van der Waals surface area contributed by atoms with Gasteiger partial charge in [-0.25, -0.2) is 4.99 Å². The summed E-state index contributed by atoms with van der Waals surface area (Å²) in [5.74, 6) is 0.555. The van der Waals surface area contributed by atoms with Gasteiger partial charge in [-0.15, -0.1) is 0 Å². The number of hydrogen-bond donors (Lipinski definition) is 1. The van der Waals surface area contributed by atoms with Gasteiger partial charge < -0.3 is 15.5 Å². The van der Waals surface area contributed by atoms with Gasteiger partial charge in [-0.2, -0.15) is 0 Å². The highest BCUT2D eigenvalue weighted by Gasteiger charge is 2.22. The van der Waals surface area contributed by atoms with Crippen molar-refractivity contribution in [2.24, 2.45) is 10.7 Å². The van der Waals surface area contributed by atoms with Gasteiger partial charge in [0.25, 0.3) is 5.91 Å². The van der Waals surface area contributed by atoms with Gasteiger partial charge >= 0.3 is 0 Å². The van der Waals surface area contributed by atoms with Crippen LogP contribution in [0.5, 0.6) is 0 Å². The van der Waals surface area contributed by atoms with E-state index < -0.39 is 0 Å². The number of nitrogens with zero attached hydrogens (tertiary/aromatic N) is 3. The first-order valence-electron chi connectivity index (χ1n) is 13.7. The maximum absolute atomic E-state index is 13.3. The van der Waals surface area contributed by atoms with E-state index in [4.69, 9.17) is 5.73 Å². The van der Waals surface area contributed by atoms with Crippen molar-refractivity contribution >= 4 is 29.4 Å². The molecule has 3 rings (SSSR count). The molecule has 2 aromatic carbocycles. The highest BCUT2D eigenvalue weighted by molar-refractivity contribution is 6.05. The Morgan fingerprint density at radius 3 is 1.92 bits per heavy atom. The summed E-state index contributed by atoms with van der Waals surface area (Å²) in [4.78, 5) is 34.8. The fourth-order valence-corrected chi connectivity index (χ4v) is 4.90. The van der Waals surface area contributed by atoms with Crippen LogP contribution in [-0.2, 0) is 4.79 Å². The summed E-state index contributed by atoms with van der Waals surface area (Å²) in [5, 5.41) is 0. The van der Waals surface area contributed by atoms with Crippen LogP contribution in [0.15, 0.2) is 47.0 Å². The molecule has 1 heterocycles. The van der Waals surface area contributed by atoms with Gasteiger partial charge in [0, 0.05) is 49.3 Å². The summed E-state index contributed by atoms with van der Waals surface area (Å²) in [6, 6.07) is 11.9. The molecule has 6 nitrogen and oxygen atoms in total. The lowest BCUT2D eigenvalue weighted by atomic mass is 9.95. The van der Waals surface area contributed by atoms with Crippen LogP contribution in [0.25, 0.3) is 17.2 Å². The molecule has 1 aliphatic rings. The number of aryl methyl sites for hydroxylation is 1. The third-order valence-electron chi connectivity index (χ3n) is 6.61. The Balaban J connectivity index is 1.93. The number of amidine groups is 1. The number of hydrogen-bond acceptors (Lipinski definition) is 4. The van der Waals surface area contributed by atoms with E-state index in [2.05, 4.69) is 45.7 Å². The molecule has 0 spiro atoms. The molecule has 0 fully saturated rings. The van der Waals surface area contributed by atoms with Crippen LogP contribution in [0.1, 0.15) is 81.3 Å². The summed E-state index contributed by atoms with van der Waals surface area (Å²) in [7, 11) is 0. The molecule has 6 heteroatoms. The van der Waals surface area contributed by atoms with Gasteiger partial charge in [0.15, 0.2) is 0 Å². The van der Waals surface area contributed by atoms with Crippen LogP contribution in [0.2, 0.25) is 0 Å². The van der Waals surface area contributed by atoms with Gasteiger partial charge in [-0.05, 0) is 79.6 Å². The van der Waals surface area contributed by atoms with Crippen molar-refractivity contribution in [3.8, 4) is 11.1 Å². The molecule has 0 aromatic heterocycles. The first-order chi connectivity index (χ1) is 17.8. The number of carbonyl (C=O) groups excluding carboxylic acids is 2. The molecular weight excluding hydrogens is 460 g/mol. The monoisotopic (exact) mass is 502 g/mol. The molecule has 198 valence electrons. The first kappa shape index (κ1) is 28.2. The molecule has 0 bridgehead atoms. The minimum Gasteiger partial charge on any atom is -0.387 e. The highest BCUT2D eigenvalue weighted by Crippen LogP contribution is 2.35. The number of nitrogens with two attached hydrogens (primary N) is 1. The van der Waals surface area contributed by atoms with Crippen molar-refractivity contribution in [3.05, 3.63) is 58.7 Å². The predicted octanol–water partition coefficient (Wildman–Crippen LogP) is 6.35. The summed E-state index contributed by atoms with van der Waals surface area (Å²) in [6.45, 7) is 13.4. The van der Waals surface area contributed by atoms with E-state index in [1.165, 1.54) is 0 Å². The summed E-state index contributed by atoms with van der Waals surface area (Å²) >= 11 is 0. The van der Waals surface area contributed by atoms with E-state index in [9.17, 15) is 9.59 Å². The fraction of sp³-hybridized carbons (Fsp3) is 0.452. The molecule has 2 amide bonds. The van der Waals surface area contributed by atoms with Gasteiger partial charge in [-0.3, -0.25) is 9.59 Å². The van der Waals surface area contributed by atoms with Crippen molar-refractivity contribution in [3.63, 3.8) is 0 Å². The Bertz CT molecular complexity index is 1150. The third-order valence-corrected chi connectivity index (χ3v) is 6.61. The highest BCUT2D eigenvalue weighted by atomic mass is 16.2. The number of rotatable bonds is 11. The van der Waals surface area contributed by atoms with Gasteiger partial charge in [-0.1, -0.05) is 39.8 Å². The topological polar surface area (TPSA) is 79.0 Å². The number of fused-ring (bicyclic) bond motifs is 1. The first-order valence-corrected chi connectivity index (χ1v) is 13.7. The molecule has 0 unspecified atom stereocenters. The van der Waals surface area contributed by atoms with Crippen molar-refractivity contribution < 1.29 is 9.59 Å². The zero-order valence-corrected chi connectivity index (χ0v) is 23.1. The molecule has 2 N–H and O–H groups in total. The zero-order chi connectivity index (χ0) is 26.9. The Labute approximate surface area is 222 Å². The second-order valence-corrected chi connectivity index (χ2v) is 9.84. The average Bonchev–Trinajstić information content (AvgIpc) is 3.04. The van der Waals surface area contributed by atoms with Gasteiger partial charge in [0.05, 0.1) is 5.69 Å². The van der Waals surface area contributed by atoms with Gasteiger partial charge in [0.2, 0.25) is 5.91 Å². The van der Waals surface area contributed by atoms with E-state index in [0.29, 0.717) is 23.4 Å². The molecule has 37 heavy (non-hydrogen) atoms. The molecule has 1 aliphatic heterocycles. The molecule has 0 saturated carbocycles. The zero-order valence-electron chi connectivity index (χ0n) is 23.1. The van der Waals surface area contributed by atoms with Crippen molar-refractivity contribution in [1.29, 1.82) is 0 Å². The summed E-state index contributed by atoms with van der Waals surface area (Å²) in [6.07, 6.45) is 6.02. The van der Waals surface area contributed by atoms with Crippen LogP contribution in [0.4, 0.5) is 5.69 Å². The minimum absolute atomic E-state index is 0.0388. The Hall–Kier alpha value is -3.41. The van der Waals surface area contributed by atoms with Crippen molar-refractivity contribution in [1.82, 2.24) is 9.80 Å². The van der Waals surface area contributed by atoms with Crippen LogP contribution >= 0.6 is 0 Å². The molecule has 0 radical (unpaired) electrons. The lowest BCUT2D eigenvalue weighted by molar-refractivity contribution is -0.127. The van der Waals surface area contributed by atoms with E-state index in [1.54, 1.807) is 0 Å². The van der Waals surface area contributed by atoms with Crippen LogP contribution in [0, 0.1) is 6.92 Å². The number of carbonyl (C=O) groups is 2. The van der Waals surface area contributed by atoms with Crippen LogP contribution in [0.3, 0.4) is 0 Å². The van der Waals surface area contributed by atoms with E-state index >= 15 is 0 Å². The van der Waals surface area contributed by atoms with Crippen LogP contribution in [-0.4, -0.2) is 53.6 Å². The van der Waals surface area contributed by atoms with Crippen molar-refractivity contribution in [2.75, 3.05) is 26.2 Å². The Morgan fingerprint density at radius 1 is 0.838 bits per heavy atom. The van der Waals surface area contributed by atoms with Gasteiger partial charge in [0.1, 0.15) is 5.84 Å². The van der Waals surface area contributed by atoms with E-state index in [-0.39, 0.29) is 11.8 Å². The second-order valence-electron chi connectivity index (χ2n) is 9.84. The average molecular weight is 503 g/mol. The molecule has 0 aliphatic carbocycles. The molecular formula is C31H42N4O2. The second kappa shape index (κ2) is 13.2. The number of benzene rings is 2. The Morgan fingerprint density at radius 2 is 1.38 bits per heavy atom. The summed E-state index contributed by atoms with van der Waals surface area (Å²) in [5.41, 5.74) is 12.5. The standard InChI is InChI=1S/C31H42N4O2/c1-6-14-34(15-7-2)30(36)24-12-10-23(11-13-24)27-21-28-25(18-22(27)5)19-26(20-29(32)33-28)31(37)35(16-8-3)17-9-4/h10-13,18-19,21H,6-9,14-17,20H2,1-5H3,(H2,32,33). The van der Waals surface area contributed by atoms with Crippen LogP contribution < -0.4 is 5.73 Å². The third kappa shape index (κ3) is 6.88. The maximum atomic E-state index is 13.3. The molecule has 0 saturated heterocycles. The van der Waals surface area contributed by atoms with Crippen molar-refractivity contribution in [2.45, 2.75) is 66.7 Å². The Kier molecular flexibility index (Phi) is 10.1. The predicted molar refractivity (Wildman–Crippen MR) is 154 cm³/mol. The number of amides is 2. The van der Waals surface area contributed by atoms with E-state index in [0.717, 1.165) is 79.8 Å². The fourth-order valence-electron chi connectivity index (χ4n) is 4.90. The van der Waals surface area contributed by atoms with E-state index in [1.807, 2.05) is 46.2 Å². The quantitative estimate of drug-likeness (QED) is 0.389. The smallest absolute Gasteiger partial charge is 0.253 e. The minimum atomic E-state index is 0.0388. The molecule has 0 atom stereocenters. The SMILES string of the molecule is CCCN(CCC)C(=O)C1=Cc2cc(C)c(-c3ccc(C(=O)N(CCC)CCC)cc3)cc2N=C(N)C1. The maximum Gasteiger partial charge on any atom is 0.253 e. The summed E-state index contributed by atoms with van der Waals surface area (Å²) < 4.78 is 0. The largest absolute Gasteiger partial charge is 0.387 e. The molecule has 2 aromatic rings.